The van der Waals surface area contributed by atoms with Crippen LogP contribution in [-0.2, 0) is 13.1 Å². The molecular weight excluding hydrogens is 330 g/mol. The summed E-state index contributed by atoms with van der Waals surface area (Å²) in [6.07, 6.45) is 2.35. The molecule has 2 aromatic rings. The molecule has 2 rings (SSSR count). The molecule has 3 nitrogen and oxygen atoms in total. The van der Waals surface area contributed by atoms with Gasteiger partial charge in [0.1, 0.15) is 0 Å². The lowest BCUT2D eigenvalue weighted by molar-refractivity contribution is -0.925. The van der Waals surface area contributed by atoms with Gasteiger partial charge in [0.25, 0.3) is 0 Å². The maximum atomic E-state index is 5.78. The summed E-state index contributed by atoms with van der Waals surface area (Å²) in [7, 11) is 0. The predicted molar refractivity (Wildman–Crippen MR) is 116 cm³/mol. The van der Waals surface area contributed by atoms with Crippen LogP contribution in [0.15, 0.2) is 60.7 Å². The minimum atomic E-state index is 0.800. The van der Waals surface area contributed by atoms with Crippen molar-refractivity contribution in [2.45, 2.75) is 39.8 Å². The van der Waals surface area contributed by atoms with E-state index in [1.165, 1.54) is 48.2 Å². The van der Waals surface area contributed by atoms with Gasteiger partial charge < -0.3 is 10.2 Å². The SMILES string of the molecule is CC[N+](CC)(CCCN)CCCN(Cc1ccccc1)Cc1ccccc1. The molecule has 0 saturated carbocycles. The molecule has 0 aliphatic heterocycles. The van der Waals surface area contributed by atoms with E-state index < -0.39 is 0 Å². The van der Waals surface area contributed by atoms with E-state index in [9.17, 15) is 0 Å². The van der Waals surface area contributed by atoms with Crippen LogP contribution in [0, 0.1) is 0 Å². The minimum Gasteiger partial charge on any atom is -0.330 e. The van der Waals surface area contributed by atoms with Crippen LogP contribution in [0.5, 0.6) is 0 Å². The van der Waals surface area contributed by atoms with Gasteiger partial charge in [-0.25, -0.2) is 0 Å². The Balaban J connectivity index is 1.98. The Labute approximate surface area is 166 Å². The second-order valence-electron chi connectivity index (χ2n) is 7.60. The number of hydrogen-bond acceptors (Lipinski definition) is 2. The highest BCUT2D eigenvalue weighted by Crippen LogP contribution is 2.13. The first-order valence-corrected chi connectivity index (χ1v) is 10.6. The van der Waals surface area contributed by atoms with Crippen molar-refractivity contribution in [1.29, 1.82) is 0 Å². The normalized spacial score (nSPS) is 11.9. The molecule has 0 heterocycles. The summed E-state index contributed by atoms with van der Waals surface area (Å²) in [4.78, 5) is 2.59. The third-order valence-electron chi connectivity index (χ3n) is 5.78. The van der Waals surface area contributed by atoms with Crippen LogP contribution in [0.4, 0.5) is 0 Å². The van der Waals surface area contributed by atoms with E-state index in [0.717, 1.165) is 32.6 Å². The summed E-state index contributed by atoms with van der Waals surface area (Å²) in [5.74, 6) is 0. The number of nitrogens with zero attached hydrogens (tertiary/aromatic N) is 2. The smallest absolute Gasteiger partial charge is 0.0798 e. The molecule has 0 spiro atoms. The maximum absolute atomic E-state index is 5.78. The first-order chi connectivity index (χ1) is 13.2. The van der Waals surface area contributed by atoms with Crippen molar-refractivity contribution in [3.63, 3.8) is 0 Å². The average Bonchev–Trinajstić information content (AvgIpc) is 2.72. The van der Waals surface area contributed by atoms with Crippen LogP contribution in [0.3, 0.4) is 0 Å². The maximum Gasteiger partial charge on any atom is 0.0798 e. The van der Waals surface area contributed by atoms with Gasteiger partial charge in [-0.3, -0.25) is 4.90 Å². The molecule has 2 N–H and O–H groups in total. The molecule has 0 aliphatic rings. The van der Waals surface area contributed by atoms with Gasteiger partial charge >= 0.3 is 0 Å². The Morgan fingerprint density at radius 3 is 1.67 bits per heavy atom. The van der Waals surface area contributed by atoms with E-state index in [0.29, 0.717) is 0 Å². The fourth-order valence-corrected chi connectivity index (χ4v) is 3.92. The standard InChI is InChI=1S/C24H38N3/c1-3-27(4-2,19-11-17-25)20-12-18-26(21-23-13-7-5-8-14-23)22-24-15-9-6-10-16-24/h5-10,13-16H,3-4,11-12,17-22,25H2,1-2H3/q+1. The molecule has 0 fully saturated rings. The van der Waals surface area contributed by atoms with Gasteiger partial charge in [-0.15, -0.1) is 0 Å². The molecular formula is C24H38N3+. The van der Waals surface area contributed by atoms with Crippen molar-refractivity contribution < 1.29 is 4.48 Å². The largest absolute Gasteiger partial charge is 0.330 e. The zero-order chi connectivity index (χ0) is 19.4. The van der Waals surface area contributed by atoms with Crippen LogP contribution in [0.1, 0.15) is 37.8 Å². The van der Waals surface area contributed by atoms with Crippen molar-refractivity contribution >= 4 is 0 Å². The number of quaternary nitrogens is 1. The minimum absolute atomic E-state index is 0.800. The van der Waals surface area contributed by atoms with Gasteiger partial charge in [-0.05, 0) is 31.5 Å². The molecule has 0 radical (unpaired) electrons. The highest BCUT2D eigenvalue weighted by atomic mass is 15.3. The zero-order valence-corrected chi connectivity index (χ0v) is 17.3. The molecule has 3 heteroatoms. The third kappa shape index (κ3) is 7.45. The van der Waals surface area contributed by atoms with E-state index in [1.54, 1.807) is 0 Å². The second-order valence-corrected chi connectivity index (χ2v) is 7.60. The summed E-state index contributed by atoms with van der Waals surface area (Å²) in [5.41, 5.74) is 8.56. The molecule has 2 aromatic carbocycles. The van der Waals surface area contributed by atoms with Crippen molar-refractivity contribution in [2.24, 2.45) is 5.73 Å². The molecule has 0 bridgehead atoms. The average molecular weight is 369 g/mol. The van der Waals surface area contributed by atoms with Gasteiger partial charge in [-0.1, -0.05) is 60.7 Å². The first kappa shape index (κ1) is 21.6. The lowest BCUT2D eigenvalue weighted by Gasteiger charge is -2.37. The Kier molecular flexibility index (Phi) is 9.54. The van der Waals surface area contributed by atoms with Gasteiger partial charge in [0, 0.05) is 32.5 Å². The molecule has 0 unspecified atom stereocenters. The zero-order valence-electron chi connectivity index (χ0n) is 17.3. The Hall–Kier alpha value is -1.68. The summed E-state index contributed by atoms with van der Waals surface area (Å²) in [6.45, 7) is 13.5. The quantitative estimate of drug-likeness (QED) is 0.535. The Morgan fingerprint density at radius 1 is 0.741 bits per heavy atom. The summed E-state index contributed by atoms with van der Waals surface area (Å²) < 4.78 is 1.20. The number of benzene rings is 2. The van der Waals surface area contributed by atoms with Crippen molar-refractivity contribution in [2.75, 3.05) is 39.3 Å². The molecule has 27 heavy (non-hydrogen) atoms. The van der Waals surface area contributed by atoms with Crippen molar-refractivity contribution in [3.05, 3.63) is 71.8 Å². The van der Waals surface area contributed by atoms with E-state index >= 15 is 0 Å². The lowest BCUT2D eigenvalue weighted by Crippen LogP contribution is -2.50. The van der Waals surface area contributed by atoms with Gasteiger partial charge in [-0.2, -0.15) is 0 Å². The Bertz CT molecular complexity index is 567. The van der Waals surface area contributed by atoms with Gasteiger partial charge in [0.2, 0.25) is 0 Å². The fourth-order valence-electron chi connectivity index (χ4n) is 3.92. The van der Waals surface area contributed by atoms with E-state index in [1.807, 2.05) is 0 Å². The molecule has 0 amide bonds. The van der Waals surface area contributed by atoms with E-state index in [-0.39, 0.29) is 0 Å². The summed E-state index contributed by atoms with van der Waals surface area (Å²) >= 11 is 0. The van der Waals surface area contributed by atoms with Gasteiger partial charge in [0.05, 0.1) is 26.2 Å². The number of hydrogen-bond donors (Lipinski definition) is 1. The van der Waals surface area contributed by atoms with Gasteiger partial charge in [0.15, 0.2) is 0 Å². The molecule has 0 aromatic heterocycles. The fraction of sp³-hybridized carbons (Fsp3) is 0.500. The topological polar surface area (TPSA) is 29.3 Å². The van der Waals surface area contributed by atoms with Crippen LogP contribution < -0.4 is 5.73 Å². The summed E-state index contributed by atoms with van der Waals surface area (Å²) in [6, 6.07) is 21.7. The third-order valence-corrected chi connectivity index (χ3v) is 5.78. The molecule has 0 aliphatic carbocycles. The van der Waals surface area contributed by atoms with E-state index in [4.69, 9.17) is 5.73 Å². The highest BCUT2D eigenvalue weighted by Gasteiger charge is 2.22. The number of nitrogens with two attached hydrogens (primary N) is 1. The van der Waals surface area contributed by atoms with Crippen molar-refractivity contribution in [3.8, 4) is 0 Å². The highest BCUT2D eigenvalue weighted by molar-refractivity contribution is 5.17. The first-order valence-electron chi connectivity index (χ1n) is 10.6. The molecule has 148 valence electrons. The molecule has 0 saturated heterocycles. The monoisotopic (exact) mass is 368 g/mol. The second kappa shape index (κ2) is 11.9. The predicted octanol–water partition coefficient (Wildman–Crippen LogP) is 4.28. The van der Waals surface area contributed by atoms with Crippen LogP contribution >= 0.6 is 0 Å². The number of rotatable bonds is 13. The van der Waals surface area contributed by atoms with Crippen LogP contribution in [-0.4, -0.2) is 48.7 Å². The Morgan fingerprint density at radius 2 is 1.22 bits per heavy atom. The van der Waals surface area contributed by atoms with Crippen molar-refractivity contribution in [1.82, 2.24) is 4.90 Å². The van der Waals surface area contributed by atoms with E-state index in [2.05, 4.69) is 79.4 Å². The lowest BCUT2D eigenvalue weighted by atomic mass is 10.1. The van der Waals surface area contributed by atoms with Crippen LogP contribution in [0.25, 0.3) is 0 Å². The molecule has 0 atom stereocenters. The van der Waals surface area contributed by atoms with Crippen LogP contribution in [0.2, 0.25) is 0 Å². The summed E-state index contributed by atoms with van der Waals surface area (Å²) in [5, 5.41) is 0.